The highest BCUT2D eigenvalue weighted by molar-refractivity contribution is 7.80. The summed E-state index contributed by atoms with van der Waals surface area (Å²) in [5.41, 5.74) is -4.72. The summed E-state index contributed by atoms with van der Waals surface area (Å²) >= 11 is 5.86. The number of ether oxygens (including phenoxy) is 6. The largest absolute Gasteiger partial charge is 0.459 e. The van der Waals surface area contributed by atoms with Crippen LogP contribution in [0, 0.1) is 23.6 Å². The topological polar surface area (TPSA) is 192 Å². The van der Waals surface area contributed by atoms with Crippen molar-refractivity contribution in [1.82, 2.24) is 9.80 Å². The molecule has 6 N–H and O–H groups in total. The number of halogens is 1. The minimum absolute atomic E-state index is 0.0452. The average molecular weight is 888 g/mol. The molecule has 0 radical (unpaired) electrons. The molecule has 4 rings (SSSR count). The third-order valence-electron chi connectivity index (χ3n) is 13.3. The Kier molecular flexibility index (Phi) is 17.6. The van der Waals surface area contributed by atoms with Gasteiger partial charge in [0.1, 0.15) is 35.8 Å². The van der Waals surface area contributed by atoms with Gasteiger partial charge in [0.25, 0.3) is 0 Å². The van der Waals surface area contributed by atoms with Crippen molar-refractivity contribution in [2.75, 3.05) is 33.1 Å². The van der Waals surface area contributed by atoms with Crippen molar-refractivity contribution in [2.24, 2.45) is 17.8 Å². The Morgan fingerprint density at radius 3 is 2.23 bits per heavy atom. The lowest BCUT2D eigenvalue weighted by Crippen LogP contribution is -2.61. The Bertz CT molecular complexity index is 1610. The van der Waals surface area contributed by atoms with Crippen LogP contribution >= 0.6 is 12.2 Å². The number of anilines is 1. The van der Waals surface area contributed by atoms with E-state index in [0.29, 0.717) is 6.42 Å². The molecule has 3 saturated heterocycles. The average Bonchev–Trinajstić information content (AvgIpc) is 3.18. The molecule has 1 unspecified atom stereocenters. The molecule has 0 saturated carbocycles. The summed E-state index contributed by atoms with van der Waals surface area (Å²) in [4.78, 5) is 18.0. The second-order valence-corrected chi connectivity index (χ2v) is 19.2. The van der Waals surface area contributed by atoms with Gasteiger partial charge in [0.15, 0.2) is 17.7 Å². The highest BCUT2D eigenvalue weighted by Gasteiger charge is 2.53. The van der Waals surface area contributed by atoms with Crippen molar-refractivity contribution in [2.45, 2.75) is 185 Å². The van der Waals surface area contributed by atoms with Gasteiger partial charge in [0.05, 0.1) is 53.3 Å². The van der Waals surface area contributed by atoms with E-state index in [1.807, 2.05) is 32.8 Å². The van der Waals surface area contributed by atoms with Gasteiger partial charge in [0, 0.05) is 32.0 Å². The van der Waals surface area contributed by atoms with Gasteiger partial charge in [-0.25, -0.2) is 4.39 Å². The Hall–Kier alpha value is -2.13. The normalized spacial score (nSPS) is 43.6. The molecule has 0 bridgehead atoms. The molecular formula is C44H74FN3O12S. The molecular weight excluding hydrogens is 814 g/mol. The molecule has 350 valence electrons. The fourth-order valence-corrected chi connectivity index (χ4v) is 9.88. The van der Waals surface area contributed by atoms with Crippen LogP contribution in [0.3, 0.4) is 0 Å². The number of aliphatic hydroxyl groups is 5. The number of nitrogens with one attached hydrogen (secondary N) is 1. The van der Waals surface area contributed by atoms with Gasteiger partial charge in [-0.2, -0.15) is 0 Å². The number of hydrogen-bond donors (Lipinski definition) is 6. The highest BCUT2D eigenvalue weighted by Crippen LogP contribution is 2.40. The van der Waals surface area contributed by atoms with E-state index >= 15 is 0 Å². The summed E-state index contributed by atoms with van der Waals surface area (Å²) in [7, 11) is 5.20. The molecule has 3 fully saturated rings. The lowest BCUT2D eigenvalue weighted by Gasteiger charge is -2.49. The number of methoxy groups -OCH3 is 1. The minimum Gasteiger partial charge on any atom is -0.459 e. The molecule has 61 heavy (non-hydrogen) atoms. The van der Waals surface area contributed by atoms with E-state index in [9.17, 15) is 34.7 Å². The number of cyclic esters (lactones) is 1. The zero-order valence-corrected chi connectivity index (χ0v) is 39.1. The van der Waals surface area contributed by atoms with Gasteiger partial charge in [-0.15, -0.1) is 0 Å². The van der Waals surface area contributed by atoms with E-state index in [-0.39, 0.29) is 48.8 Å². The number of aliphatic hydroxyl groups excluding tert-OH is 3. The van der Waals surface area contributed by atoms with E-state index in [1.54, 1.807) is 65.5 Å². The molecule has 18 atom stereocenters. The molecule has 3 aliphatic rings. The van der Waals surface area contributed by atoms with Crippen LogP contribution in [0.2, 0.25) is 0 Å². The van der Waals surface area contributed by atoms with Crippen molar-refractivity contribution < 1.29 is 63.1 Å². The van der Waals surface area contributed by atoms with Crippen molar-refractivity contribution in [3.05, 3.63) is 30.1 Å². The first-order valence-corrected chi connectivity index (χ1v) is 22.0. The summed E-state index contributed by atoms with van der Waals surface area (Å²) in [5.74, 6) is -3.70. The Labute approximate surface area is 367 Å². The van der Waals surface area contributed by atoms with Gasteiger partial charge < -0.3 is 69.1 Å². The number of hydrogen-bond acceptors (Lipinski definition) is 14. The second kappa shape index (κ2) is 20.8. The monoisotopic (exact) mass is 887 g/mol. The molecule has 3 heterocycles. The van der Waals surface area contributed by atoms with Crippen LogP contribution in [0.5, 0.6) is 0 Å². The number of carbonyl (C=O) groups excluding carboxylic acids is 1. The lowest BCUT2D eigenvalue weighted by molar-refractivity contribution is -0.318. The van der Waals surface area contributed by atoms with Gasteiger partial charge in [-0.05, 0) is 112 Å². The summed E-state index contributed by atoms with van der Waals surface area (Å²) in [6.45, 7) is 17.1. The number of rotatable bonds is 8. The van der Waals surface area contributed by atoms with Crippen LogP contribution < -0.4 is 5.32 Å². The third-order valence-corrected chi connectivity index (χ3v) is 13.6. The smallest absolute Gasteiger partial charge is 0.311 e. The first-order valence-electron chi connectivity index (χ1n) is 21.6. The Balaban J connectivity index is 1.87. The number of para-hydroxylation sites is 1. The number of thiocarbonyl (C=S) groups is 1. The Morgan fingerprint density at radius 2 is 1.64 bits per heavy atom. The maximum atomic E-state index is 14.9. The number of nitrogens with zero attached hydrogens (tertiary/aromatic N) is 2. The summed E-state index contributed by atoms with van der Waals surface area (Å²) in [5, 5.41) is 62.6. The molecule has 15 nitrogen and oxygen atoms in total. The maximum Gasteiger partial charge on any atom is 0.311 e. The van der Waals surface area contributed by atoms with E-state index in [2.05, 4.69) is 5.32 Å². The summed E-state index contributed by atoms with van der Waals surface area (Å²) in [6, 6.07) is 4.74. The predicted octanol–water partition coefficient (Wildman–Crippen LogP) is 3.81. The molecule has 0 amide bonds. The maximum absolute atomic E-state index is 14.9. The molecule has 0 aliphatic carbocycles. The van der Waals surface area contributed by atoms with Crippen molar-refractivity contribution in [3.63, 3.8) is 0 Å². The lowest BCUT2D eigenvalue weighted by atomic mass is 9.77. The molecule has 3 aliphatic heterocycles. The van der Waals surface area contributed by atoms with Crippen LogP contribution in [0.15, 0.2) is 24.3 Å². The number of benzene rings is 1. The van der Waals surface area contributed by atoms with Crippen molar-refractivity contribution in [1.29, 1.82) is 0 Å². The van der Waals surface area contributed by atoms with E-state index < -0.39 is 108 Å². The van der Waals surface area contributed by atoms with E-state index in [1.165, 1.54) is 26.2 Å². The minimum atomic E-state index is -2.02. The fourth-order valence-electron chi connectivity index (χ4n) is 9.53. The predicted molar refractivity (Wildman–Crippen MR) is 231 cm³/mol. The van der Waals surface area contributed by atoms with Gasteiger partial charge >= 0.3 is 5.97 Å². The SMILES string of the molecule is CC[C@H]1OC(=O)[C@H](C)[C@@H](O[C@H]2C[C@@](C)(OC)[C@@H](O)[C@H](C)O2)[C@H](C)[C@@H](O[C@@H]2O[C@H](C)C[C@H](N(C)C)[C@H]2O)C(C)(O)C[C@@H](C)CN(C(=S)Nc2ccccc2F)[C@H](C)[C@@H](O)[C@]1(C)O. The van der Waals surface area contributed by atoms with E-state index in [0.717, 1.165) is 0 Å². The molecule has 0 aromatic heterocycles. The van der Waals surface area contributed by atoms with Gasteiger partial charge in [-0.3, -0.25) is 4.79 Å². The van der Waals surface area contributed by atoms with Crippen LogP contribution in [0.1, 0.15) is 94.9 Å². The van der Waals surface area contributed by atoms with Crippen LogP contribution in [-0.4, -0.2) is 164 Å². The first kappa shape index (κ1) is 51.5. The second-order valence-electron chi connectivity index (χ2n) is 18.8. The van der Waals surface area contributed by atoms with Crippen LogP contribution in [0.4, 0.5) is 10.1 Å². The standard InChI is InChI=1S/C44H74FN3O12S/c1-14-32-44(10,54)36(50)27(6)48(41(61)46-30-18-16-15-17-29(30)45)22-23(2)20-42(8,53)38(60-40-34(49)31(47(11)12)19-24(3)56-40)25(4)35(26(5)39(52)58-32)59-33-21-43(9,55-13)37(51)28(7)57-33/h15-18,23-28,31-38,40,49-51,53-54H,14,19-22H2,1-13H3,(H,46,61)/t23-,24-,25+,26-,27-,28+,31+,32-,33+,34-,35+,36-,37+,38-,40+,42?,43-,44-/m1/s1. The highest BCUT2D eigenvalue weighted by atomic mass is 32.1. The van der Waals surface area contributed by atoms with Gasteiger partial charge in [-0.1, -0.05) is 32.9 Å². The number of carbonyl (C=O) groups is 1. The van der Waals surface area contributed by atoms with Crippen LogP contribution in [0.25, 0.3) is 0 Å². The van der Waals surface area contributed by atoms with E-state index in [4.69, 9.17) is 40.6 Å². The summed E-state index contributed by atoms with van der Waals surface area (Å²) in [6.07, 6.45) is -9.67. The zero-order valence-electron chi connectivity index (χ0n) is 38.3. The molecule has 17 heteroatoms. The molecule has 0 spiro atoms. The van der Waals surface area contributed by atoms with Crippen LogP contribution in [-0.2, 0) is 33.2 Å². The fraction of sp³-hybridized carbons (Fsp3) is 0.818. The van der Waals surface area contributed by atoms with Crippen molar-refractivity contribution in [3.8, 4) is 0 Å². The summed E-state index contributed by atoms with van der Waals surface area (Å²) < 4.78 is 52.7. The Morgan fingerprint density at radius 1 is 1.00 bits per heavy atom. The zero-order chi connectivity index (χ0) is 45.9. The molecule has 1 aromatic carbocycles. The number of esters is 1. The molecule has 1 aromatic rings. The van der Waals surface area contributed by atoms with Gasteiger partial charge in [0.2, 0.25) is 0 Å². The first-order chi connectivity index (χ1) is 28.3. The number of likely N-dealkylation sites (N-methyl/N-ethyl adjacent to an activating group) is 1. The van der Waals surface area contributed by atoms with Crippen molar-refractivity contribution >= 4 is 29.0 Å². The third kappa shape index (κ3) is 11.8. The quantitative estimate of drug-likeness (QED) is 0.163.